The third-order valence-corrected chi connectivity index (χ3v) is 5.39. The number of hydrogen-bond acceptors (Lipinski definition) is 6. The van der Waals surface area contributed by atoms with E-state index >= 15 is 0 Å². The second-order valence-electron chi connectivity index (χ2n) is 7.08. The lowest BCUT2D eigenvalue weighted by Gasteiger charge is -2.42. The Balaban J connectivity index is 1.51. The Bertz CT molecular complexity index is 723. The van der Waals surface area contributed by atoms with Gasteiger partial charge in [-0.15, -0.1) is 0 Å². The molecule has 132 valence electrons. The first-order chi connectivity index (χ1) is 12.2. The number of nitrogens with zero attached hydrogens (tertiary/aromatic N) is 4. The highest BCUT2D eigenvalue weighted by molar-refractivity contribution is 5.59. The lowest BCUT2D eigenvalue weighted by atomic mass is 9.92. The van der Waals surface area contributed by atoms with E-state index in [0.717, 1.165) is 36.8 Å². The summed E-state index contributed by atoms with van der Waals surface area (Å²) in [4.78, 5) is 19.0. The van der Waals surface area contributed by atoms with Crippen LogP contribution in [0.3, 0.4) is 0 Å². The highest BCUT2D eigenvalue weighted by atomic mass is 16.7. The number of aromatic nitrogens is 2. The molecule has 1 aromatic carbocycles. The van der Waals surface area contributed by atoms with Crippen molar-refractivity contribution in [2.24, 2.45) is 5.92 Å². The number of benzene rings is 1. The molecule has 0 spiro atoms. The number of piperidine rings is 1. The number of rotatable bonds is 4. The maximum Gasteiger partial charge on any atom is 0.160 e. The maximum absolute atomic E-state index is 5.33. The molecule has 0 bridgehead atoms. The van der Waals surface area contributed by atoms with Crippen molar-refractivity contribution in [2.75, 3.05) is 30.5 Å². The van der Waals surface area contributed by atoms with Gasteiger partial charge in [0, 0.05) is 26.2 Å². The first-order valence-electron chi connectivity index (χ1n) is 8.93. The molecule has 2 aliphatic heterocycles. The van der Waals surface area contributed by atoms with Crippen LogP contribution in [-0.4, -0.2) is 41.0 Å². The zero-order valence-electron chi connectivity index (χ0n) is 14.9. The van der Waals surface area contributed by atoms with Crippen LogP contribution >= 0.6 is 0 Å². The molecule has 25 heavy (non-hydrogen) atoms. The zero-order valence-corrected chi connectivity index (χ0v) is 14.9. The lowest BCUT2D eigenvalue weighted by molar-refractivity contribution is 0.158. The molecule has 4 rings (SSSR count). The number of likely N-dealkylation sites (N-methyl/N-ethyl adjacent to an activating group) is 1. The van der Waals surface area contributed by atoms with Crippen LogP contribution in [0.25, 0.3) is 0 Å². The van der Waals surface area contributed by atoms with Crippen LogP contribution in [-0.2, 0) is 18.0 Å². The fourth-order valence-electron chi connectivity index (χ4n) is 3.87. The number of nitrogens with one attached hydrogen (secondary N) is 1. The van der Waals surface area contributed by atoms with Crippen LogP contribution in [0.2, 0.25) is 0 Å². The van der Waals surface area contributed by atoms with E-state index in [9.17, 15) is 0 Å². The predicted octanol–water partition coefficient (Wildman–Crippen LogP) is 2.68. The molecular formula is C19H25N5O. The van der Waals surface area contributed by atoms with Gasteiger partial charge in [0.1, 0.15) is 18.8 Å². The van der Waals surface area contributed by atoms with Gasteiger partial charge in [-0.3, -0.25) is 9.74 Å². The first-order valence-corrected chi connectivity index (χ1v) is 8.93. The third-order valence-electron chi connectivity index (χ3n) is 5.39. The molecule has 6 nitrogen and oxygen atoms in total. The average molecular weight is 339 g/mol. The molecule has 0 saturated carbocycles. The summed E-state index contributed by atoms with van der Waals surface area (Å²) in [6.07, 6.45) is 2.81. The Morgan fingerprint density at radius 2 is 2.12 bits per heavy atom. The van der Waals surface area contributed by atoms with Gasteiger partial charge >= 0.3 is 0 Å². The van der Waals surface area contributed by atoms with Gasteiger partial charge in [0.05, 0.1) is 5.56 Å². The van der Waals surface area contributed by atoms with E-state index in [4.69, 9.17) is 4.84 Å². The minimum atomic E-state index is 0.428. The standard InChI is InChI=1S/C19H25N5O/c1-14-8-9-24(10-15-6-4-3-5-7-15)11-17(14)23(2)19-16-12-25-22-18(16)20-13-21-19/h3-7,13-14,17H,8-12H2,1-2H3,(H,20,21,22)/t14-,17+/m1/s1. The van der Waals surface area contributed by atoms with E-state index in [-0.39, 0.29) is 0 Å². The van der Waals surface area contributed by atoms with Crippen molar-refractivity contribution in [2.45, 2.75) is 32.5 Å². The summed E-state index contributed by atoms with van der Waals surface area (Å²) < 4.78 is 0. The van der Waals surface area contributed by atoms with Gasteiger partial charge in [-0.25, -0.2) is 15.4 Å². The summed E-state index contributed by atoms with van der Waals surface area (Å²) in [5.41, 5.74) is 5.29. The van der Waals surface area contributed by atoms with Crippen LogP contribution in [0.1, 0.15) is 24.5 Å². The molecular weight excluding hydrogens is 314 g/mol. The number of fused-ring (bicyclic) bond motifs is 1. The molecule has 6 heteroatoms. The average Bonchev–Trinajstić information content (AvgIpc) is 3.12. The molecule has 1 aromatic heterocycles. The van der Waals surface area contributed by atoms with E-state index < -0.39 is 0 Å². The Hall–Kier alpha value is -2.18. The van der Waals surface area contributed by atoms with Gasteiger partial charge in [-0.05, 0) is 24.4 Å². The normalized spacial score (nSPS) is 23.1. The summed E-state index contributed by atoms with van der Waals surface area (Å²) in [6, 6.07) is 11.1. The van der Waals surface area contributed by atoms with Crippen LogP contribution in [0.15, 0.2) is 36.7 Å². The summed E-state index contributed by atoms with van der Waals surface area (Å²) in [5, 5.41) is 0. The summed E-state index contributed by atoms with van der Waals surface area (Å²) in [5.74, 6) is 2.40. The Morgan fingerprint density at radius 1 is 1.28 bits per heavy atom. The molecule has 0 radical (unpaired) electrons. The van der Waals surface area contributed by atoms with Crippen molar-refractivity contribution in [1.29, 1.82) is 0 Å². The second kappa shape index (κ2) is 6.98. The van der Waals surface area contributed by atoms with E-state index in [2.05, 4.69) is 69.6 Å². The quantitative estimate of drug-likeness (QED) is 0.924. The molecule has 1 fully saturated rings. The molecule has 2 aromatic rings. The van der Waals surface area contributed by atoms with Gasteiger partial charge in [0.2, 0.25) is 0 Å². The van der Waals surface area contributed by atoms with Crippen LogP contribution < -0.4 is 10.4 Å². The zero-order chi connectivity index (χ0) is 17.2. The van der Waals surface area contributed by atoms with Crippen molar-refractivity contribution in [3.63, 3.8) is 0 Å². The molecule has 0 aliphatic carbocycles. The number of hydrogen-bond donors (Lipinski definition) is 1. The van der Waals surface area contributed by atoms with Crippen LogP contribution in [0, 0.1) is 5.92 Å². The topological polar surface area (TPSA) is 53.5 Å². The molecule has 0 unspecified atom stereocenters. The van der Waals surface area contributed by atoms with Gasteiger partial charge in [0.15, 0.2) is 5.82 Å². The van der Waals surface area contributed by atoms with Crippen LogP contribution in [0.5, 0.6) is 0 Å². The minimum absolute atomic E-state index is 0.428. The largest absolute Gasteiger partial charge is 0.355 e. The van der Waals surface area contributed by atoms with Crippen LogP contribution in [0.4, 0.5) is 11.6 Å². The SMILES string of the molecule is C[C@@H]1CCN(Cc2ccccc2)C[C@@H]1N(C)c1ncnc2c1CON2. The monoisotopic (exact) mass is 339 g/mol. The minimum Gasteiger partial charge on any atom is -0.355 e. The van der Waals surface area contributed by atoms with Gasteiger partial charge in [-0.1, -0.05) is 37.3 Å². The summed E-state index contributed by atoms with van der Waals surface area (Å²) >= 11 is 0. The Kier molecular flexibility index (Phi) is 4.55. The van der Waals surface area contributed by atoms with Crippen molar-refractivity contribution in [3.8, 4) is 0 Å². The van der Waals surface area contributed by atoms with Gasteiger partial charge < -0.3 is 4.90 Å². The third kappa shape index (κ3) is 3.32. The smallest absolute Gasteiger partial charge is 0.160 e. The van der Waals surface area contributed by atoms with Gasteiger partial charge in [0.25, 0.3) is 0 Å². The van der Waals surface area contributed by atoms with Crippen molar-refractivity contribution in [3.05, 3.63) is 47.8 Å². The van der Waals surface area contributed by atoms with E-state index in [0.29, 0.717) is 18.6 Å². The molecule has 3 heterocycles. The molecule has 2 aliphatic rings. The highest BCUT2D eigenvalue weighted by Crippen LogP contribution is 2.32. The van der Waals surface area contributed by atoms with Crippen molar-refractivity contribution in [1.82, 2.24) is 14.9 Å². The fourth-order valence-corrected chi connectivity index (χ4v) is 3.87. The van der Waals surface area contributed by atoms with Gasteiger partial charge in [-0.2, -0.15) is 0 Å². The fraction of sp³-hybridized carbons (Fsp3) is 0.474. The number of likely N-dealkylation sites (tertiary alicyclic amines) is 1. The lowest BCUT2D eigenvalue weighted by Crippen LogP contribution is -2.51. The molecule has 2 atom stereocenters. The Labute approximate surface area is 148 Å². The molecule has 0 amide bonds. The van der Waals surface area contributed by atoms with E-state index in [1.165, 1.54) is 12.0 Å². The maximum atomic E-state index is 5.33. The van der Waals surface area contributed by atoms with E-state index in [1.54, 1.807) is 6.33 Å². The molecule has 1 N–H and O–H groups in total. The predicted molar refractivity (Wildman–Crippen MR) is 98.1 cm³/mol. The number of anilines is 2. The van der Waals surface area contributed by atoms with Crippen molar-refractivity contribution >= 4 is 11.6 Å². The summed E-state index contributed by atoms with van der Waals surface area (Å²) in [6.45, 7) is 6.05. The second-order valence-corrected chi connectivity index (χ2v) is 7.08. The van der Waals surface area contributed by atoms with E-state index in [1.807, 2.05) is 0 Å². The van der Waals surface area contributed by atoms with Crippen molar-refractivity contribution < 1.29 is 4.84 Å². The Morgan fingerprint density at radius 3 is 2.96 bits per heavy atom. The first kappa shape index (κ1) is 16.3. The molecule has 1 saturated heterocycles. The summed E-state index contributed by atoms with van der Waals surface area (Å²) in [7, 11) is 2.15. The highest BCUT2D eigenvalue weighted by Gasteiger charge is 2.32.